The van der Waals surface area contributed by atoms with Gasteiger partial charge in [0.15, 0.2) is 5.15 Å². The van der Waals surface area contributed by atoms with E-state index >= 15 is 0 Å². The summed E-state index contributed by atoms with van der Waals surface area (Å²) in [6, 6.07) is 6.31. The van der Waals surface area contributed by atoms with Gasteiger partial charge in [0.2, 0.25) is 11.9 Å². The zero-order chi connectivity index (χ0) is 24.4. The molecule has 0 radical (unpaired) electrons. The number of β-amino-alcohol motifs (C(OH)–C–C–N with tert-alkyl or cyclic N) is 1. The number of fused-ring (bicyclic) bond motifs is 1. The molecule has 1 amide bonds. The molecule has 4 heterocycles. The maximum atomic E-state index is 12.4. The van der Waals surface area contributed by atoms with Crippen molar-refractivity contribution in [2.45, 2.75) is 50.7 Å². The van der Waals surface area contributed by atoms with Gasteiger partial charge in [0.1, 0.15) is 11.3 Å². The van der Waals surface area contributed by atoms with E-state index in [1.807, 2.05) is 25.1 Å². The summed E-state index contributed by atoms with van der Waals surface area (Å²) in [4.78, 5) is 31.7. The number of aliphatic hydroxyl groups excluding tert-OH is 1. The van der Waals surface area contributed by atoms with Crippen molar-refractivity contribution in [1.29, 1.82) is 0 Å². The first kappa shape index (κ1) is 23.7. The third kappa shape index (κ3) is 5.46. The smallest absolute Gasteiger partial charge is 0.230 e. The number of aliphatic hydroxyl groups is 1. The van der Waals surface area contributed by atoms with Gasteiger partial charge in [-0.3, -0.25) is 4.79 Å². The van der Waals surface area contributed by atoms with Gasteiger partial charge in [-0.1, -0.05) is 11.6 Å². The van der Waals surface area contributed by atoms with Crippen LogP contribution in [0.4, 0.5) is 11.8 Å². The van der Waals surface area contributed by atoms with Crippen LogP contribution in [0.5, 0.6) is 0 Å². The molecule has 3 N–H and O–H groups in total. The maximum absolute atomic E-state index is 12.4. The Morgan fingerprint density at radius 3 is 2.60 bits per heavy atom. The van der Waals surface area contributed by atoms with Crippen LogP contribution in [0, 0.1) is 5.92 Å². The van der Waals surface area contributed by atoms with Crippen LogP contribution < -0.4 is 10.6 Å². The number of rotatable bonds is 7. The fourth-order valence-corrected chi connectivity index (χ4v) is 4.96. The molecule has 0 aromatic carbocycles. The second-order valence-corrected chi connectivity index (χ2v) is 9.93. The molecular weight excluding hydrogens is 466 g/mol. The molecule has 3 aromatic rings. The minimum absolute atomic E-state index is 0.00336. The Hall–Kier alpha value is -3.04. The molecule has 35 heavy (non-hydrogen) atoms. The molecule has 0 bridgehead atoms. The van der Waals surface area contributed by atoms with E-state index in [9.17, 15) is 9.90 Å². The SMILES string of the molecule is CC(C(=O)N1CC(O)C1)c1cnc(NC[C@H]2CC[C@H](Nc3ccc4ccnc(Cl)c4n3)CC2)nc1. The van der Waals surface area contributed by atoms with Gasteiger partial charge in [-0.2, -0.15) is 0 Å². The molecule has 9 nitrogen and oxygen atoms in total. The Kier molecular flexibility index (Phi) is 6.97. The molecule has 2 fully saturated rings. The van der Waals surface area contributed by atoms with Crippen LogP contribution >= 0.6 is 11.6 Å². The van der Waals surface area contributed by atoms with Crippen molar-refractivity contribution in [3.05, 3.63) is 47.5 Å². The summed E-state index contributed by atoms with van der Waals surface area (Å²) in [5.41, 5.74) is 1.51. The van der Waals surface area contributed by atoms with E-state index in [1.54, 1.807) is 23.5 Å². The molecule has 1 aliphatic carbocycles. The van der Waals surface area contributed by atoms with Crippen LogP contribution in [0.25, 0.3) is 10.9 Å². The lowest BCUT2D eigenvalue weighted by Gasteiger charge is -2.37. The number of anilines is 2. The molecule has 1 saturated heterocycles. The number of aromatic nitrogens is 4. The molecule has 1 aliphatic heterocycles. The van der Waals surface area contributed by atoms with Gasteiger partial charge in [0, 0.05) is 55.2 Å². The Labute approximate surface area is 209 Å². The maximum Gasteiger partial charge on any atom is 0.230 e. The lowest BCUT2D eigenvalue weighted by Crippen LogP contribution is -2.54. The first-order valence-corrected chi connectivity index (χ1v) is 12.5. The molecule has 1 unspecified atom stereocenters. The van der Waals surface area contributed by atoms with E-state index in [-0.39, 0.29) is 11.8 Å². The molecule has 10 heteroatoms. The first-order chi connectivity index (χ1) is 17.0. The largest absolute Gasteiger partial charge is 0.389 e. The number of likely N-dealkylation sites (tertiary alicyclic amines) is 1. The van der Waals surface area contributed by atoms with Crippen molar-refractivity contribution in [2.24, 2.45) is 5.92 Å². The highest BCUT2D eigenvalue weighted by Crippen LogP contribution is 2.28. The van der Waals surface area contributed by atoms with E-state index in [0.29, 0.717) is 36.2 Å². The number of amides is 1. The van der Waals surface area contributed by atoms with Crippen LogP contribution in [-0.2, 0) is 4.79 Å². The number of halogens is 1. The minimum Gasteiger partial charge on any atom is -0.389 e. The van der Waals surface area contributed by atoms with E-state index in [1.165, 1.54) is 0 Å². The van der Waals surface area contributed by atoms with Gasteiger partial charge in [-0.05, 0) is 56.7 Å². The van der Waals surface area contributed by atoms with Gasteiger partial charge in [-0.25, -0.2) is 19.9 Å². The summed E-state index contributed by atoms with van der Waals surface area (Å²) in [6.07, 6.45) is 9.07. The first-order valence-electron chi connectivity index (χ1n) is 12.2. The number of nitrogens with zero attached hydrogens (tertiary/aromatic N) is 5. The third-order valence-electron chi connectivity index (χ3n) is 7.03. The van der Waals surface area contributed by atoms with Crippen molar-refractivity contribution in [1.82, 2.24) is 24.8 Å². The van der Waals surface area contributed by atoms with Crippen molar-refractivity contribution in [3.63, 3.8) is 0 Å². The number of hydrogen-bond acceptors (Lipinski definition) is 8. The predicted molar refractivity (Wildman–Crippen MR) is 135 cm³/mol. The standard InChI is InChI=1S/C25H30ClN7O2/c1-15(24(35)33-13-20(34)14-33)18-11-29-25(30-12-18)28-10-16-2-5-19(6-3-16)31-21-7-4-17-8-9-27-23(26)22(17)32-21/h4,7-9,11-12,15-16,19-20,34H,2-3,5-6,10,13-14H2,1H3,(H,31,32)(H,28,29,30)/t15?,16-,19-. The second-order valence-electron chi connectivity index (χ2n) is 9.57. The van der Waals surface area contributed by atoms with E-state index < -0.39 is 6.10 Å². The molecular formula is C25H30ClN7O2. The summed E-state index contributed by atoms with van der Waals surface area (Å²) in [7, 11) is 0. The fraction of sp³-hybridized carbons (Fsp3) is 0.480. The lowest BCUT2D eigenvalue weighted by molar-refractivity contribution is -0.142. The second kappa shape index (κ2) is 10.3. The summed E-state index contributed by atoms with van der Waals surface area (Å²) < 4.78 is 0. The topological polar surface area (TPSA) is 116 Å². The van der Waals surface area contributed by atoms with Crippen molar-refractivity contribution in [2.75, 3.05) is 30.3 Å². The van der Waals surface area contributed by atoms with Gasteiger partial charge < -0.3 is 20.6 Å². The van der Waals surface area contributed by atoms with Crippen LogP contribution in [0.2, 0.25) is 5.15 Å². The molecule has 1 saturated carbocycles. The van der Waals surface area contributed by atoms with Gasteiger partial charge in [-0.15, -0.1) is 0 Å². The molecule has 1 atom stereocenters. The molecule has 0 spiro atoms. The number of pyridine rings is 2. The van der Waals surface area contributed by atoms with Gasteiger partial charge in [0.05, 0.1) is 12.0 Å². The van der Waals surface area contributed by atoms with Crippen LogP contribution in [-0.4, -0.2) is 67.6 Å². The Balaban J connectivity index is 1.07. The normalized spacial score (nSPS) is 21.4. The average molecular weight is 496 g/mol. The van der Waals surface area contributed by atoms with Gasteiger partial charge >= 0.3 is 0 Å². The number of carbonyl (C=O) groups excluding carboxylic acids is 1. The number of hydrogen-bond donors (Lipinski definition) is 3. The van der Waals surface area contributed by atoms with E-state index in [4.69, 9.17) is 11.6 Å². The lowest BCUT2D eigenvalue weighted by atomic mass is 9.86. The summed E-state index contributed by atoms with van der Waals surface area (Å²) in [5.74, 6) is 1.66. The molecule has 184 valence electrons. The zero-order valence-electron chi connectivity index (χ0n) is 19.7. The average Bonchev–Trinajstić information content (AvgIpc) is 2.86. The third-order valence-corrected chi connectivity index (χ3v) is 7.30. The van der Waals surface area contributed by atoms with Crippen LogP contribution in [0.15, 0.2) is 36.8 Å². The molecule has 5 rings (SSSR count). The highest BCUT2D eigenvalue weighted by molar-refractivity contribution is 6.33. The minimum atomic E-state index is -0.396. The summed E-state index contributed by atoms with van der Waals surface area (Å²) in [5, 5.41) is 17.7. The van der Waals surface area contributed by atoms with Crippen molar-refractivity contribution in [3.8, 4) is 0 Å². The van der Waals surface area contributed by atoms with Crippen LogP contribution in [0.3, 0.4) is 0 Å². The monoisotopic (exact) mass is 495 g/mol. The van der Waals surface area contributed by atoms with Gasteiger partial charge in [0.25, 0.3) is 0 Å². The van der Waals surface area contributed by atoms with Crippen molar-refractivity contribution < 1.29 is 9.90 Å². The van der Waals surface area contributed by atoms with Crippen LogP contribution in [0.1, 0.15) is 44.1 Å². The molecule has 2 aliphatic rings. The fourth-order valence-electron chi connectivity index (χ4n) is 4.75. The zero-order valence-corrected chi connectivity index (χ0v) is 20.4. The Morgan fingerprint density at radius 2 is 1.89 bits per heavy atom. The number of carbonyl (C=O) groups is 1. The highest BCUT2D eigenvalue weighted by Gasteiger charge is 2.32. The predicted octanol–water partition coefficient (Wildman–Crippen LogP) is 3.46. The quantitative estimate of drug-likeness (QED) is 0.427. The summed E-state index contributed by atoms with van der Waals surface area (Å²) >= 11 is 6.20. The number of nitrogens with one attached hydrogen (secondary N) is 2. The van der Waals surface area contributed by atoms with Crippen molar-refractivity contribution >= 4 is 40.2 Å². The van der Waals surface area contributed by atoms with E-state index in [2.05, 4.69) is 30.6 Å². The Bertz CT molecular complexity index is 1180. The summed E-state index contributed by atoms with van der Waals surface area (Å²) in [6.45, 7) is 3.49. The Morgan fingerprint density at radius 1 is 1.14 bits per heavy atom. The molecule has 3 aromatic heterocycles. The van der Waals surface area contributed by atoms with E-state index in [0.717, 1.165) is 54.5 Å². The highest BCUT2D eigenvalue weighted by atomic mass is 35.5.